The van der Waals surface area contributed by atoms with E-state index >= 15 is 0 Å². The van der Waals surface area contributed by atoms with Gasteiger partial charge in [0.2, 0.25) is 0 Å². The Morgan fingerprint density at radius 2 is 1.88 bits per heavy atom. The van der Waals surface area contributed by atoms with Gasteiger partial charge in [0.1, 0.15) is 11.5 Å². The first-order valence-corrected chi connectivity index (χ1v) is 7.71. The molecule has 1 N–H and O–H groups in total. The van der Waals surface area contributed by atoms with Crippen LogP contribution in [0.3, 0.4) is 0 Å². The van der Waals surface area contributed by atoms with Gasteiger partial charge in [-0.25, -0.2) is 4.39 Å². The molecule has 0 bridgehead atoms. The lowest BCUT2D eigenvalue weighted by atomic mass is 10.1. The number of carbonyl (C=O) groups is 1. The summed E-state index contributed by atoms with van der Waals surface area (Å²) in [5.74, 6) is -0.469. The largest absolute Gasteiger partial charge is 0.497 e. The second-order valence-corrected chi connectivity index (χ2v) is 5.82. The average Bonchev–Trinajstić information content (AvgIpc) is 3.06. The summed E-state index contributed by atoms with van der Waals surface area (Å²) in [5.41, 5.74) is 0.851. The lowest BCUT2D eigenvalue weighted by molar-refractivity contribution is -0.186. The molecule has 140 valence electrons. The molecule has 25 heavy (non-hydrogen) atoms. The number of nitrogens with one attached hydrogen (secondary N) is 1. The summed E-state index contributed by atoms with van der Waals surface area (Å²) in [7, 11) is 3.07. The molecular formula is C16H20F4N2O3. The van der Waals surface area contributed by atoms with Crippen LogP contribution in [0.4, 0.5) is 23.2 Å². The van der Waals surface area contributed by atoms with Gasteiger partial charge < -0.3 is 19.7 Å². The first-order valence-electron chi connectivity index (χ1n) is 7.71. The molecule has 1 aliphatic heterocycles. The summed E-state index contributed by atoms with van der Waals surface area (Å²) >= 11 is 0. The Morgan fingerprint density at radius 3 is 2.40 bits per heavy atom. The van der Waals surface area contributed by atoms with Crippen LogP contribution in [-0.4, -0.2) is 52.1 Å². The van der Waals surface area contributed by atoms with Gasteiger partial charge in [-0.3, -0.25) is 4.79 Å². The molecule has 5 nitrogen and oxygen atoms in total. The number of carbonyl (C=O) groups excluding carboxylic acids is 1. The molecule has 1 heterocycles. The van der Waals surface area contributed by atoms with Crippen molar-refractivity contribution in [2.24, 2.45) is 5.92 Å². The van der Waals surface area contributed by atoms with E-state index in [0.717, 1.165) is 5.69 Å². The summed E-state index contributed by atoms with van der Waals surface area (Å²) in [5, 5.41) is 2.04. The number of amides is 1. The second-order valence-electron chi connectivity index (χ2n) is 5.82. The summed E-state index contributed by atoms with van der Waals surface area (Å²) in [6.45, 7) is 1.18. The average molecular weight is 364 g/mol. The molecule has 0 aromatic heterocycles. The monoisotopic (exact) mass is 364 g/mol. The molecule has 1 aliphatic rings. The Kier molecular flexibility index (Phi) is 5.97. The molecule has 2 rings (SSSR count). The Morgan fingerprint density at radius 1 is 1.28 bits per heavy atom. The van der Waals surface area contributed by atoms with Crippen LogP contribution < -0.4 is 19.7 Å². The number of rotatable bonds is 6. The maximum absolute atomic E-state index is 12.9. The molecule has 1 amide bonds. The highest BCUT2D eigenvalue weighted by Crippen LogP contribution is 2.31. The van der Waals surface area contributed by atoms with E-state index in [2.05, 4.69) is 0 Å². The minimum atomic E-state index is -5.18. The number of hydrogen-bond acceptors (Lipinski definition) is 4. The molecule has 0 saturated carbocycles. The van der Waals surface area contributed by atoms with Crippen LogP contribution in [0.25, 0.3) is 0 Å². The molecule has 0 spiro atoms. The number of methoxy groups -OCH3 is 2. The number of benzene rings is 1. The zero-order valence-corrected chi connectivity index (χ0v) is 13.9. The fourth-order valence-electron chi connectivity index (χ4n) is 2.69. The number of alkyl halides is 4. The van der Waals surface area contributed by atoms with Crippen molar-refractivity contribution in [3.63, 3.8) is 0 Å². The topological polar surface area (TPSA) is 50.8 Å². The third kappa shape index (κ3) is 4.90. The van der Waals surface area contributed by atoms with E-state index in [0.29, 0.717) is 31.0 Å². The van der Waals surface area contributed by atoms with Gasteiger partial charge in [0.05, 0.1) is 14.2 Å². The maximum Gasteiger partial charge on any atom is 0.428 e. The number of hydrogen-bond donors (Lipinski definition) is 1. The number of anilines is 1. The quantitative estimate of drug-likeness (QED) is 0.789. The van der Waals surface area contributed by atoms with E-state index in [1.807, 2.05) is 22.3 Å². The number of ether oxygens (including phenoxy) is 2. The summed E-state index contributed by atoms with van der Waals surface area (Å²) < 4.78 is 59.8. The fraction of sp³-hybridized carbons (Fsp3) is 0.562. The predicted molar refractivity (Wildman–Crippen MR) is 83.8 cm³/mol. The normalized spacial score (nSPS) is 18.8. The van der Waals surface area contributed by atoms with Crippen LogP contribution in [0.15, 0.2) is 18.2 Å². The van der Waals surface area contributed by atoms with Gasteiger partial charge in [-0.2, -0.15) is 13.2 Å². The minimum absolute atomic E-state index is 0.00701. The highest BCUT2D eigenvalue weighted by molar-refractivity contribution is 5.81. The predicted octanol–water partition coefficient (Wildman–Crippen LogP) is 2.55. The molecule has 2 unspecified atom stereocenters. The lowest BCUT2D eigenvalue weighted by Crippen LogP contribution is -2.43. The summed E-state index contributed by atoms with van der Waals surface area (Å²) in [6.07, 6.45) is -8.00. The van der Waals surface area contributed by atoms with Crippen molar-refractivity contribution in [3.05, 3.63) is 18.2 Å². The van der Waals surface area contributed by atoms with E-state index in [-0.39, 0.29) is 12.5 Å². The highest BCUT2D eigenvalue weighted by Gasteiger charge is 2.45. The Labute approximate surface area is 142 Å². The smallest absolute Gasteiger partial charge is 0.428 e. The molecule has 2 atom stereocenters. The van der Waals surface area contributed by atoms with Crippen molar-refractivity contribution in [3.8, 4) is 11.5 Å². The first kappa shape index (κ1) is 19.1. The molecule has 9 heteroatoms. The molecular weight excluding hydrogens is 344 g/mol. The molecule has 0 aliphatic carbocycles. The van der Waals surface area contributed by atoms with Gasteiger partial charge in [0.15, 0.2) is 0 Å². The van der Waals surface area contributed by atoms with Crippen LogP contribution in [-0.2, 0) is 4.79 Å². The highest BCUT2D eigenvalue weighted by atomic mass is 19.4. The maximum atomic E-state index is 12.9. The van der Waals surface area contributed by atoms with E-state index in [1.165, 1.54) is 14.2 Å². The van der Waals surface area contributed by atoms with Crippen LogP contribution in [0.1, 0.15) is 6.42 Å². The zero-order valence-electron chi connectivity index (χ0n) is 13.9. The van der Waals surface area contributed by atoms with Crippen molar-refractivity contribution in [1.82, 2.24) is 5.32 Å². The van der Waals surface area contributed by atoms with Crippen LogP contribution in [0.2, 0.25) is 0 Å². The SMILES string of the molecule is COc1cc(OC)cc(N2CCC(CNC(=O)C(F)C(F)(F)F)C2)c1. The van der Waals surface area contributed by atoms with Gasteiger partial charge in [0, 0.05) is 43.5 Å². The molecule has 1 aromatic rings. The minimum Gasteiger partial charge on any atom is -0.497 e. The summed E-state index contributed by atoms with van der Waals surface area (Å²) in [6, 6.07) is 5.38. The van der Waals surface area contributed by atoms with Crippen molar-refractivity contribution in [2.75, 3.05) is 38.8 Å². The van der Waals surface area contributed by atoms with Crippen molar-refractivity contribution < 1.29 is 31.8 Å². The molecule has 1 saturated heterocycles. The Balaban J connectivity index is 1.93. The Bertz CT molecular complexity index is 587. The Hall–Kier alpha value is -2.19. The van der Waals surface area contributed by atoms with Gasteiger partial charge in [-0.05, 0) is 12.3 Å². The number of halogens is 4. The van der Waals surface area contributed by atoms with Crippen LogP contribution in [0, 0.1) is 5.92 Å². The lowest BCUT2D eigenvalue weighted by Gasteiger charge is -2.20. The molecule has 0 radical (unpaired) electrons. The van der Waals surface area contributed by atoms with Crippen molar-refractivity contribution in [1.29, 1.82) is 0 Å². The van der Waals surface area contributed by atoms with Gasteiger partial charge >= 0.3 is 6.18 Å². The zero-order chi connectivity index (χ0) is 18.6. The third-order valence-corrected chi connectivity index (χ3v) is 4.07. The second kappa shape index (κ2) is 7.79. The van der Waals surface area contributed by atoms with E-state index in [9.17, 15) is 22.4 Å². The molecule has 1 aromatic carbocycles. The first-order chi connectivity index (χ1) is 11.7. The third-order valence-electron chi connectivity index (χ3n) is 4.07. The van der Waals surface area contributed by atoms with Crippen molar-refractivity contribution >= 4 is 11.6 Å². The van der Waals surface area contributed by atoms with E-state index in [1.54, 1.807) is 6.07 Å². The number of nitrogens with zero attached hydrogens (tertiary/aromatic N) is 1. The molecule has 1 fully saturated rings. The van der Waals surface area contributed by atoms with Gasteiger partial charge in [-0.15, -0.1) is 0 Å². The fourth-order valence-corrected chi connectivity index (χ4v) is 2.69. The standard InChI is InChI=1S/C16H20F4N2O3/c1-24-12-5-11(6-13(7-12)25-2)22-4-3-10(9-22)8-21-15(23)14(17)16(18,19)20/h5-7,10,14H,3-4,8-9H2,1-2H3,(H,21,23). The van der Waals surface area contributed by atoms with Crippen LogP contribution in [0.5, 0.6) is 11.5 Å². The van der Waals surface area contributed by atoms with E-state index < -0.39 is 18.3 Å². The van der Waals surface area contributed by atoms with Crippen molar-refractivity contribution in [2.45, 2.75) is 18.8 Å². The van der Waals surface area contributed by atoms with Gasteiger partial charge in [0.25, 0.3) is 12.1 Å². The summed E-state index contributed by atoms with van der Waals surface area (Å²) in [4.78, 5) is 13.2. The van der Waals surface area contributed by atoms with Crippen LogP contribution >= 0.6 is 0 Å². The van der Waals surface area contributed by atoms with E-state index in [4.69, 9.17) is 9.47 Å². The van der Waals surface area contributed by atoms with Gasteiger partial charge in [-0.1, -0.05) is 0 Å².